The topological polar surface area (TPSA) is 48.6 Å². The normalized spacial score (nSPS) is 10.8. The van der Waals surface area contributed by atoms with Gasteiger partial charge >= 0.3 is 0 Å². The molecular weight excluding hydrogens is 192 g/mol. The van der Waals surface area contributed by atoms with Crippen molar-refractivity contribution in [1.82, 2.24) is 9.97 Å². The van der Waals surface area contributed by atoms with Crippen molar-refractivity contribution in [3.8, 4) is 0 Å². The minimum atomic E-state index is -0.104. The molecule has 0 unspecified atom stereocenters. The molecular formula is C7H6N2OS2. The van der Waals surface area contributed by atoms with E-state index in [2.05, 4.69) is 9.97 Å². The number of hydrogen-bond acceptors (Lipinski definition) is 3. The van der Waals surface area contributed by atoms with E-state index in [4.69, 9.17) is 12.2 Å². The summed E-state index contributed by atoms with van der Waals surface area (Å²) in [6, 6.07) is 0. The van der Waals surface area contributed by atoms with Gasteiger partial charge in [0.05, 0.1) is 5.39 Å². The van der Waals surface area contributed by atoms with Crippen molar-refractivity contribution in [1.29, 1.82) is 0 Å². The highest BCUT2D eigenvalue weighted by atomic mass is 32.1. The van der Waals surface area contributed by atoms with Crippen molar-refractivity contribution in [3.05, 3.63) is 26.1 Å². The van der Waals surface area contributed by atoms with Crippen LogP contribution in [0.1, 0.15) is 5.56 Å². The van der Waals surface area contributed by atoms with Gasteiger partial charge in [-0.15, -0.1) is 11.3 Å². The van der Waals surface area contributed by atoms with E-state index in [9.17, 15) is 4.79 Å². The van der Waals surface area contributed by atoms with E-state index < -0.39 is 0 Å². The maximum absolute atomic E-state index is 11.3. The third kappa shape index (κ3) is 1.02. The smallest absolute Gasteiger partial charge is 0.260 e. The summed E-state index contributed by atoms with van der Waals surface area (Å²) in [5.74, 6) is 0. The molecule has 2 heterocycles. The highest BCUT2D eigenvalue weighted by molar-refractivity contribution is 7.71. The lowest BCUT2D eigenvalue weighted by Gasteiger charge is -1.89. The Morgan fingerprint density at radius 1 is 1.50 bits per heavy atom. The summed E-state index contributed by atoms with van der Waals surface area (Å²) >= 11 is 6.33. The van der Waals surface area contributed by atoms with Gasteiger partial charge in [-0.1, -0.05) is 0 Å². The van der Waals surface area contributed by atoms with Crippen LogP contribution >= 0.6 is 23.6 Å². The average molecular weight is 198 g/mol. The number of hydrogen-bond donors (Lipinski definition) is 2. The monoisotopic (exact) mass is 198 g/mol. The molecule has 2 aromatic rings. The quantitative estimate of drug-likeness (QED) is 0.636. The predicted octanol–water partition coefficient (Wildman–Crippen LogP) is 1.96. The van der Waals surface area contributed by atoms with Crippen molar-refractivity contribution in [2.75, 3.05) is 0 Å². The largest absolute Gasteiger partial charge is 0.323 e. The van der Waals surface area contributed by atoms with E-state index in [0.29, 0.717) is 10.2 Å². The molecule has 0 aromatic carbocycles. The molecule has 0 aliphatic carbocycles. The maximum atomic E-state index is 11.3. The fourth-order valence-corrected chi connectivity index (χ4v) is 2.32. The van der Waals surface area contributed by atoms with Gasteiger partial charge in [0, 0.05) is 0 Å². The third-order valence-corrected chi connectivity index (χ3v) is 2.87. The molecule has 3 nitrogen and oxygen atoms in total. The second-order valence-corrected chi connectivity index (χ2v) is 3.82. The Labute approximate surface area is 77.1 Å². The van der Waals surface area contributed by atoms with Crippen LogP contribution in [0.15, 0.2) is 10.2 Å². The fourth-order valence-electron chi connectivity index (χ4n) is 1.12. The van der Waals surface area contributed by atoms with Crippen LogP contribution in [0.25, 0.3) is 10.2 Å². The summed E-state index contributed by atoms with van der Waals surface area (Å²) in [6.07, 6.45) is 0. The molecule has 0 aliphatic heterocycles. The van der Waals surface area contributed by atoms with Crippen LogP contribution in [0.2, 0.25) is 0 Å². The standard InChI is InChI=1S/C7H6N2OS2/c1-3-2-12-6-4(3)5(10)8-7(11)9-6/h2H,1H3,(H2,8,9,10,11). The van der Waals surface area contributed by atoms with Crippen molar-refractivity contribution in [2.24, 2.45) is 0 Å². The fraction of sp³-hybridized carbons (Fsp3) is 0.143. The van der Waals surface area contributed by atoms with E-state index in [1.54, 1.807) is 0 Å². The molecule has 0 spiro atoms. The summed E-state index contributed by atoms with van der Waals surface area (Å²) in [6.45, 7) is 1.91. The first-order chi connectivity index (χ1) is 5.68. The Hall–Kier alpha value is -0.940. The minimum Gasteiger partial charge on any atom is -0.323 e. The van der Waals surface area contributed by atoms with Crippen LogP contribution in [0.3, 0.4) is 0 Å². The number of thiophene rings is 1. The lowest BCUT2D eigenvalue weighted by molar-refractivity contribution is 1.14. The first kappa shape index (κ1) is 7.70. The molecule has 0 amide bonds. The molecule has 0 atom stereocenters. The molecule has 0 aliphatic rings. The number of rotatable bonds is 0. The number of aromatic nitrogens is 2. The summed E-state index contributed by atoms with van der Waals surface area (Å²) in [7, 11) is 0. The molecule has 0 radical (unpaired) electrons. The van der Waals surface area contributed by atoms with Crippen molar-refractivity contribution in [3.63, 3.8) is 0 Å². The second kappa shape index (κ2) is 2.53. The summed E-state index contributed by atoms with van der Waals surface area (Å²) in [5.41, 5.74) is 0.884. The SMILES string of the molecule is Cc1csc2[nH]c(=S)[nH]c(=O)c12. The van der Waals surface area contributed by atoms with E-state index in [0.717, 1.165) is 10.4 Å². The van der Waals surface area contributed by atoms with Gasteiger partial charge in [-0.25, -0.2) is 0 Å². The molecule has 5 heteroatoms. The Morgan fingerprint density at radius 2 is 2.25 bits per heavy atom. The van der Waals surface area contributed by atoms with E-state index >= 15 is 0 Å². The van der Waals surface area contributed by atoms with Crippen LogP contribution < -0.4 is 5.56 Å². The summed E-state index contributed by atoms with van der Waals surface area (Å²) in [4.78, 5) is 17.7. The van der Waals surface area contributed by atoms with Crippen LogP contribution in [0.5, 0.6) is 0 Å². The van der Waals surface area contributed by atoms with Crippen molar-refractivity contribution < 1.29 is 0 Å². The molecule has 2 aromatic heterocycles. The zero-order valence-corrected chi connectivity index (χ0v) is 7.94. The molecule has 0 saturated carbocycles. The summed E-state index contributed by atoms with van der Waals surface area (Å²) in [5, 5.41) is 2.65. The lowest BCUT2D eigenvalue weighted by Crippen LogP contribution is -2.06. The van der Waals surface area contributed by atoms with Gasteiger partial charge in [-0.3, -0.25) is 9.78 Å². The van der Waals surface area contributed by atoms with Gasteiger partial charge in [0.25, 0.3) is 5.56 Å². The second-order valence-electron chi connectivity index (χ2n) is 2.53. The lowest BCUT2D eigenvalue weighted by atomic mass is 10.3. The average Bonchev–Trinajstić information content (AvgIpc) is 2.31. The third-order valence-electron chi connectivity index (χ3n) is 1.66. The zero-order chi connectivity index (χ0) is 8.72. The zero-order valence-electron chi connectivity index (χ0n) is 6.30. The van der Waals surface area contributed by atoms with Crippen LogP contribution in [-0.2, 0) is 0 Å². The number of aromatic amines is 2. The Morgan fingerprint density at radius 3 is 3.00 bits per heavy atom. The molecule has 0 fully saturated rings. The molecule has 0 saturated heterocycles. The number of H-pyrrole nitrogens is 2. The van der Waals surface area contributed by atoms with Crippen LogP contribution in [0, 0.1) is 11.7 Å². The first-order valence-corrected chi connectivity index (χ1v) is 4.67. The van der Waals surface area contributed by atoms with Gasteiger partial charge in [-0.05, 0) is 30.1 Å². The molecule has 2 rings (SSSR count). The first-order valence-electron chi connectivity index (χ1n) is 3.39. The number of fused-ring (bicyclic) bond motifs is 1. The van der Waals surface area contributed by atoms with E-state index in [-0.39, 0.29) is 5.56 Å². The summed E-state index contributed by atoms with van der Waals surface area (Å²) < 4.78 is 0.384. The molecule has 12 heavy (non-hydrogen) atoms. The molecule has 0 bridgehead atoms. The van der Waals surface area contributed by atoms with Gasteiger partial charge < -0.3 is 4.98 Å². The molecule has 2 N–H and O–H groups in total. The Kier molecular flexibility index (Phi) is 1.62. The van der Waals surface area contributed by atoms with Crippen molar-refractivity contribution in [2.45, 2.75) is 6.92 Å². The number of nitrogens with one attached hydrogen (secondary N) is 2. The van der Waals surface area contributed by atoms with Gasteiger partial charge in [0.15, 0.2) is 4.77 Å². The van der Waals surface area contributed by atoms with Crippen LogP contribution in [-0.4, -0.2) is 9.97 Å². The Bertz CT molecular complexity index is 534. The highest BCUT2D eigenvalue weighted by Crippen LogP contribution is 2.18. The predicted molar refractivity (Wildman–Crippen MR) is 52.4 cm³/mol. The van der Waals surface area contributed by atoms with Crippen LogP contribution in [0.4, 0.5) is 0 Å². The van der Waals surface area contributed by atoms with Crippen molar-refractivity contribution >= 4 is 33.8 Å². The maximum Gasteiger partial charge on any atom is 0.260 e. The van der Waals surface area contributed by atoms with E-state index in [1.807, 2.05) is 12.3 Å². The molecule has 62 valence electrons. The van der Waals surface area contributed by atoms with E-state index in [1.165, 1.54) is 11.3 Å². The Balaban J connectivity index is 3.13. The van der Waals surface area contributed by atoms with Gasteiger partial charge in [0.1, 0.15) is 4.83 Å². The van der Waals surface area contributed by atoms with Gasteiger partial charge in [-0.2, -0.15) is 0 Å². The number of aryl methyl sites for hydroxylation is 1. The highest BCUT2D eigenvalue weighted by Gasteiger charge is 2.03. The van der Waals surface area contributed by atoms with Gasteiger partial charge in [0.2, 0.25) is 0 Å². The minimum absolute atomic E-state index is 0.104.